The van der Waals surface area contributed by atoms with Crippen LogP contribution in [0.25, 0.3) is 0 Å². The van der Waals surface area contributed by atoms with Crippen molar-refractivity contribution in [3.8, 4) is 5.88 Å². The van der Waals surface area contributed by atoms with Crippen LogP contribution in [-0.2, 0) is 16.1 Å². The molecule has 1 N–H and O–H groups in total. The van der Waals surface area contributed by atoms with E-state index < -0.39 is 0 Å². The molecule has 92 valence electrons. The van der Waals surface area contributed by atoms with Crippen molar-refractivity contribution < 1.29 is 14.3 Å². The predicted molar refractivity (Wildman–Crippen MR) is 61.6 cm³/mol. The maximum absolute atomic E-state index is 11.8. The average molecular weight is 236 g/mol. The molecule has 5 nitrogen and oxygen atoms in total. The Hall–Kier alpha value is -1.62. The Bertz CT molecular complexity index is 416. The van der Waals surface area contributed by atoms with Gasteiger partial charge in [-0.3, -0.25) is 4.79 Å². The van der Waals surface area contributed by atoms with Gasteiger partial charge >= 0.3 is 0 Å². The van der Waals surface area contributed by atoms with E-state index in [9.17, 15) is 4.79 Å². The second-order valence-corrected chi connectivity index (χ2v) is 4.44. The van der Waals surface area contributed by atoms with Gasteiger partial charge in [-0.2, -0.15) is 0 Å². The minimum absolute atomic E-state index is 0.0273. The first-order chi connectivity index (χ1) is 8.14. The van der Waals surface area contributed by atoms with Gasteiger partial charge in [0, 0.05) is 18.8 Å². The van der Waals surface area contributed by atoms with Crippen LogP contribution in [0.5, 0.6) is 5.88 Å². The van der Waals surface area contributed by atoms with Crippen LogP contribution in [0, 0.1) is 5.41 Å². The summed E-state index contributed by atoms with van der Waals surface area (Å²) < 4.78 is 10.1. The standard InChI is InChI=1S/C12H16N2O3/c1-12(7-17-8-12)11(15)14-6-9-3-4-13-10(5-9)16-2/h3-5H,6-8H2,1-2H3,(H,14,15). The molecular formula is C12H16N2O3. The van der Waals surface area contributed by atoms with E-state index in [0.29, 0.717) is 25.6 Å². The van der Waals surface area contributed by atoms with Gasteiger partial charge < -0.3 is 14.8 Å². The molecule has 1 aliphatic rings. The average Bonchev–Trinajstić information content (AvgIpc) is 2.33. The Balaban J connectivity index is 1.91. The Morgan fingerprint density at radius 3 is 3.00 bits per heavy atom. The number of methoxy groups -OCH3 is 1. The lowest BCUT2D eigenvalue weighted by Gasteiger charge is -2.36. The molecule has 2 rings (SSSR count). The first-order valence-electron chi connectivity index (χ1n) is 5.49. The Labute approximate surface area is 100 Å². The minimum atomic E-state index is -0.364. The Morgan fingerprint density at radius 2 is 2.41 bits per heavy atom. The summed E-state index contributed by atoms with van der Waals surface area (Å²) in [4.78, 5) is 15.8. The number of aromatic nitrogens is 1. The van der Waals surface area contributed by atoms with Gasteiger partial charge in [-0.25, -0.2) is 4.98 Å². The van der Waals surface area contributed by atoms with Crippen LogP contribution in [0.3, 0.4) is 0 Å². The topological polar surface area (TPSA) is 60.5 Å². The molecule has 1 fully saturated rings. The minimum Gasteiger partial charge on any atom is -0.481 e. The maximum atomic E-state index is 11.8. The molecule has 0 aliphatic carbocycles. The summed E-state index contributed by atoms with van der Waals surface area (Å²) in [6.07, 6.45) is 1.66. The van der Waals surface area contributed by atoms with Crippen LogP contribution in [0.15, 0.2) is 18.3 Å². The normalized spacial score (nSPS) is 17.1. The largest absolute Gasteiger partial charge is 0.481 e. The first-order valence-corrected chi connectivity index (χ1v) is 5.49. The van der Waals surface area contributed by atoms with Gasteiger partial charge in [0.1, 0.15) is 0 Å². The summed E-state index contributed by atoms with van der Waals surface area (Å²) in [5.41, 5.74) is 0.603. The summed E-state index contributed by atoms with van der Waals surface area (Å²) in [5, 5.41) is 2.89. The fourth-order valence-corrected chi connectivity index (χ4v) is 1.61. The lowest BCUT2D eigenvalue weighted by atomic mass is 9.87. The molecule has 5 heteroatoms. The molecule has 0 saturated carbocycles. The van der Waals surface area contributed by atoms with E-state index in [4.69, 9.17) is 9.47 Å². The Morgan fingerprint density at radius 1 is 1.65 bits per heavy atom. The van der Waals surface area contributed by atoms with Crippen LogP contribution in [0.4, 0.5) is 0 Å². The molecule has 1 aromatic heterocycles. The molecule has 0 spiro atoms. The van der Waals surface area contributed by atoms with Crippen molar-refractivity contribution >= 4 is 5.91 Å². The second kappa shape index (κ2) is 4.71. The van der Waals surface area contributed by atoms with Gasteiger partial charge in [-0.15, -0.1) is 0 Å². The summed E-state index contributed by atoms with van der Waals surface area (Å²) in [6, 6.07) is 3.66. The summed E-state index contributed by atoms with van der Waals surface area (Å²) in [6.45, 7) is 3.38. The molecule has 0 bridgehead atoms. The number of nitrogens with one attached hydrogen (secondary N) is 1. The highest BCUT2D eigenvalue weighted by atomic mass is 16.5. The molecule has 0 radical (unpaired) electrons. The van der Waals surface area contributed by atoms with E-state index in [-0.39, 0.29) is 11.3 Å². The zero-order valence-corrected chi connectivity index (χ0v) is 10.0. The molecule has 1 aromatic rings. The second-order valence-electron chi connectivity index (χ2n) is 4.44. The zero-order chi connectivity index (χ0) is 12.3. The third-order valence-corrected chi connectivity index (χ3v) is 2.85. The highest BCUT2D eigenvalue weighted by molar-refractivity contribution is 5.83. The van der Waals surface area contributed by atoms with Crippen molar-refractivity contribution in [3.05, 3.63) is 23.9 Å². The lowest BCUT2D eigenvalue weighted by molar-refractivity contribution is -0.157. The van der Waals surface area contributed by atoms with Gasteiger partial charge in [0.25, 0.3) is 0 Å². The molecule has 0 aromatic carbocycles. The van der Waals surface area contributed by atoms with E-state index >= 15 is 0 Å². The molecule has 0 atom stereocenters. The summed E-state index contributed by atoms with van der Waals surface area (Å²) >= 11 is 0. The molecular weight excluding hydrogens is 220 g/mol. The van der Waals surface area contributed by atoms with Gasteiger partial charge in [-0.1, -0.05) is 0 Å². The van der Waals surface area contributed by atoms with Crippen LogP contribution in [0.1, 0.15) is 12.5 Å². The molecule has 1 aliphatic heterocycles. The van der Waals surface area contributed by atoms with E-state index in [1.54, 1.807) is 19.4 Å². The predicted octanol–water partition coefficient (Wildman–Crippen LogP) is 0.743. The highest BCUT2D eigenvalue weighted by Crippen LogP contribution is 2.26. The third-order valence-electron chi connectivity index (χ3n) is 2.85. The van der Waals surface area contributed by atoms with Crippen molar-refractivity contribution in [2.75, 3.05) is 20.3 Å². The zero-order valence-electron chi connectivity index (χ0n) is 10.0. The van der Waals surface area contributed by atoms with E-state index in [1.165, 1.54) is 0 Å². The highest BCUT2D eigenvalue weighted by Gasteiger charge is 2.40. The van der Waals surface area contributed by atoms with Crippen molar-refractivity contribution in [3.63, 3.8) is 0 Å². The number of nitrogens with zero attached hydrogens (tertiary/aromatic N) is 1. The van der Waals surface area contributed by atoms with Crippen LogP contribution in [-0.4, -0.2) is 31.2 Å². The summed E-state index contributed by atoms with van der Waals surface area (Å²) in [5.74, 6) is 0.578. The van der Waals surface area contributed by atoms with E-state index in [0.717, 1.165) is 5.56 Å². The van der Waals surface area contributed by atoms with Gasteiger partial charge in [0.2, 0.25) is 11.8 Å². The van der Waals surface area contributed by atoms with Crippen molar-refractivity contribution in [1.82, 2.24) is 10.3 Å². The van der Waals surface area contributed by atoms with Gasteiger partial charge in [0.05, 0.1) is 25.7 Å². The van der Waals surface area contributed by atoms with Crippen molar-refractivity contribution in [2.24, 2.45) is 5.41 Å². The van der Waals surface area contributed by atoms with E-state index in [1.807, 2.05) is 13.0 Å². The molecule has 0 unspecified atom stereocenters. The smallest absolute Gasteiger partial charge is 0.230 e. The molecule has 1 saturated heterocycles. The monoisotopic (exact) mass is 236 g/mol. The molecule has 2 heterocycles. The lowest BCUT2D eigenvalue weighted by Crippen LogP contribution is -2.51. The SMILES string of the molecule is COc1cc(CNC(=O)C2(C)COC2)ccn1. The van der Waals surface area contributed by atoms with Crippen molar-refractivity contribution in [2.45, 2.75) is 13.5 Å². The fraction of sp³-hybridized carbons (Fsp3) is 0.500. The number of carbonyl (C=O) groups is 1. The van der Waals surface area contributed by atoms with Crippen molar-refractivity contribution in [1.29, 1.82) is 0 Å². The number of rotatable bonds is 4. The summed E-state index contributed by atoms with van der Waals surface area (Å²) in [7, 11) is 1.57. The third kappa shape index (κ3) is 2.55. The van der Waals surface area contributed by atoms with Crippen LogP contribution in [0.2, 0.25) is 0 Å². The van der Waals surface area contributed by atoms with Crippen LogP contribution < -0.4 is 10.1 Å². The number of ether oxygens (including phenoxy) is 2. The van der Waals surface area contributed by atoms with E-state index in [2.05, 4.69) is 10.3 Å². The first kappa shape index (κ1) is 11.9. The number of amides is 1. The molecule has 1 amide bonds. The number of carbonyl (C=O) groups excluding carboxylic acids is 1. The number of hydrogen-bond acceptors (Lipinski definition) is 4. The fourth-order valence-electron chi connectivity index (χ4n) is 1.61. The Kier molecular flexibility index (Phi) is 3.28. The van der Waals surface area contributed by atoms with Crippen LogP contribution >= 0.6 is 0 Å². The molecule has 17 heavy (non-hydrogen) atoms. The van der Waals surface area contributed by atoms with Gasteiger partial charge in [-0.05, 0) is 18.6 Å². The number of pyridine rings is 1. The number of hydrogen-bond donors (Lipinski definition) is 1. The van der Waals surface area contributed by atoms with Gasteiger partial charge in [0.15, 0.2) is 0 Å². The quantitative estimate of drug-likeness (QED) is 0.837. The maximum Gasteiger partial charge on any atom is 0.230 e.